The Labute approximate surface area is 162 Å². The van der Waals surface area contributed by atoms with Gasteiger partial charge in [-0.25, -0.2) is 0 Å². The molecule has 0 aromatic heterocycles. The van der Waals surface area contributed by atoms with Crippen LogP contribution < -0.4 is 15.4 Å². The lowest BCUT2D eigenvalue weighted by Gasteiger charge is -2.16. The molecule has 0 amide bonds. The highest BCUT2D eigenvalue weighted by Gasteiger charge is 2.32. The lowest BCUT2D eigenvalue weighted by atomic mass is 9.89. The molecule has 0 saturated carbocycles. The largest absolute Gasteiger partial charge is 0.497 e. The van der Waals surface area contributed by atoms with Gasteiger partial charge in [0.15, 0.2) is 0 Å². The maximum Gasteiger partial charge on any atom is 0.119 e. The number of hydrogen-bond donors (Lipinski definition) is 2. The fourth-order valence-electron chi connectivity index (χ4n) is 4.04. The Morgan fingerprint density at radius 2 is 1.80 bits per heavy atom. The van der Waals surface area contributed by atoms with E-state index in [1.165, 1.54) is 40.8 Å². The fourth-order valence-corrected chi connectivity index (χ4v) is 4.04. The van der Waals surface area contributed by atoms with E-state index in [0.29, 0.717) is 12.0 Å². The maximum atomic E-state index is 5.33. The first-order chi connectivity index (χ1) is 11.3. The van der Waals surface area contributed by atoms with E-state index < -0.39 is 0 Å². The van der Waals surface area contributed by atoms with Gasteiger partial charge in [-0.15, -0.1) is 24.8 Å². The summed E-state index contributed by atoms with van der Waals surface area (Å²) in [4.78, 5) is 0. The van der Waals surface area contributed by atoms with Gasteiger partial charge in [0.2, 0.25) is 0 Å². The van der Waals surface area contributed by atoms with Crippen LogP contribution in [0.15, 0.2) is 36.4 Å². The summed E-state index contributed by atoms with van der Waals surface area (Å²) >= 11 is 0. The van der Waals surface area contributed by atoms with E-state index in [1.807, 2.05) is 6.07 Å². The monoisotopic (exact) mass is 380 g/mol. The van der Waals surface area contributed by atoms with Crippen molar-refractivity contribution in [1.82, 2.24) is 5.32 Å². The summed E-state index contributed by atoms with van der Waals surface area (Å²) in [5.74, 6) is 1.56. The Morgan fingerprint density at radius 3 is 2.56 bits per heavy atom. The highest BCUT2D eigenvalue weighted by Crippen LogP contribution is 2.42. The predicted octanol–water partition coefficient (Wildman–Crippen LogP) is 4.78. The molecule has 2 aliphatic heterocycles. The van der Waals surface area contributed by atoms with Gasteiger partial charge in [-0.2, -0.15) is 0 Å². The average Bonchev–Trinajstić information content (AvgIpc) is 2.75. The highest BCUT2D eigenvalue weighted by atomic mass is 35.5. The third-order valence-corrected chi connectivity index (χ3v) is 5.29. The number of hydrogen-bond acceptors (Lipinski definition) is 3. The molecule has 2 aromatic rings. The Morgan fingerprint density at radius 1 is 1.00 bits per heavy atom. The summed E-state index contributed by atoms with van der Waals surface area (Å²) in [6.07, 6.45) is 2.42. The summed E-state index contributed by atoms with van der Waals surface area (Å²) in [6.45, 7) is 4.39. The van der Waals surface area contributed by atoms with Crippen LogP contribution in [-0.4, -0.2) is 26.2 Å². The van der Waals surface area contributed by atoms with Crippen LogP contribution in [0.25, 0.3) is 11.1 Å². The Hall–Kier alpha value is -1.42. The number of ether oxygens (including phenoxy) is 1. The number of nitrogens with one attached hydrogen (secondary N) is 2. The molecular weight excluding hydrogens is 355 g/mol. The van der Waals surface area contributed by atoms with Gasteiger partial charge >= 0.3 is 0 Å². The number of fused-ring (bicyclic) bond motifs is 3. The molecule has 2 heterocycles. The Bertz CT molecular complexity index is 736. The molecule has 2 atom stereocenters. The van der Waals surface area contributed by atoms with Crippen molar-refractivity contribution in [1.29, 1.82) is 0 Å². The number of aryl methyl sites for hydroxylation is 1. The first-order valence-electron chi connectivity index (χ1n) is 8.52. The second kappa shape index (κ2) is 8.31. The van der Waals surface area contributed by atoms with Crippen molar-refractivity contribution in [2.75, 3.05) is 25.5 Å². The van der Waals surface area contributed by atoms with E-state index in [4.69, 9.17) is 4.74 Å². The lowest BCUT2D eigenvalue weighted by molar-refractivity contribution is 0.414. The summed E-state index contributed by atoms with van der Waals surface area (Å²) in [5.41, 5.74) is 6.69. The van der Waals surface area contributed by atoms with Crippen LogP contribution in [0.1, 0.15) is 29.9 Å². The third-order valence-electron chi connectivity index (χ3n) is 5.29. The molecule has 4 rings (SSSR count). The molecule has 0 spiro atoms. The molecule has 0 aliphatic carbocycles. The standard InChI is InChI=1S/C20H24N2O.2ClH/c1-13-11-15(23-2)4-5-16(13)14-3-6-19-18(12-14)17-7-9-21-10-8-20(17)22-19;;/h3-6,11-12,17,20-22H,7-10H2,1-2H3;2*1H/t17-,20-;;/m0../s1. The quantitative estimate of drug-likeness (QED) is 0.786. The van der Waals surface area contributed by atoms with Gasteiger partial charge in [0.05, 0.1) is 7.11 Å². The molecule has 3 nitrogen and oxygen atoms in total. The van der Waals surface area contributed by atoms with Crippen molar-refractivity contribution in [3.63, 3.8) is 0 Å². The predicted molar refractivity (Wildman–Crippen MR) is 110 cm³/mol. The molecule has 2 aromatic carbocycles. The smallest absolute Gasteiger partial charge is 0.119 e. The van der Waals surface area contributed by atoms with E-state index >= 15 is 0 Å². The topological polar surface area (TPSA) is 33.3 Å². The van der Waals surface area contributed by atoms with Gasteiger partial charge in [0.1, 0.15) is 5.75 Å². The molecule has 25 heavy (non-hydrogen) atoms. The molecule has 5 heteroatoms. The molecule has 136 valence electrons. The number of methoxy groups -OCH3 is 1. The molecular formula is C20H26Cl2N2O. The minimum Gasteiger partial charge on any atom is -0.497 e. The Kier molecular flexibility index (Phi) is 6.61. The number of benzene rings is 2. The van der Waals surface area contributed by atoms with Crippen LogP contribution in [0.4, 0.5) is 5.69 Å². The van der Waals surface area contributed by atoms with Crippen molar-refractivity contribution < 1.29 is 4.74 Å². The second-order valence-corrected chi connectivity index (χ2v) is 6.67. The SMILES string of the molecule is COc1ccc(-c2ccc3c(c2)[C@@H]2CCNCC[C@@H]2N3)c(C)c1.Cl.Cl. The van der Waals surface area contributed by atoms with Crippen LogP contribution in [0, 0.1) is 6.92 Å². The molecule has 1 fully saturated rings. The minimum absolute atomic E-state index is 0. The number of anilines is 1. The van der Waals surface area contributed by atoms with Gasteiger partial charge in [-0.05, 0) is 79.4 Å². The van der Waals surface area contributed by atoms with Gasteiger partial charge in [-0.3, -0.25) is 0 Å². The van der Waals surface area contributed by atoms with E-state index in [0.717, 1.165) is 18.8 Å². The zero-order chi connectivity index (χ0) is 15.8. The van der Waals surface area contributed by atoms with E-state index in [2.05, 4.69) is 47.9 Å². The van der Waals surface area contributed by atoms with E-state index in [1.54, 1.807) is 7.11 Å². The van der Waals surface area contributed by atoms with Gasteiger partial charge in [0.25, 0.3) is 0 Å². The molecule has 2 aliphatic rings. The van der Waals surface area contributed by atoms with Gasteiger partial charge < -0.3 is 15.4 Å². The molecule has 0 radical (unpaired) electrons. The van der Waals surface area contributed by atoms with Gasteiger partial charge in [0, 0.05) is 17.6 Å². The van der Waals surface area contributed by atoms with Crippen molar-refractivity contribution in [3.8, 4) is 16.9 Å². The highest BCUT2D eigenvalue weighted by molar-refractivity contribution is 5.85. The van der Waals surface area contributed by atoms with Gasteiger partial charge in [-0.1, -0.05) is 12.1 Å². The normalized spacial score (nSPS) is 20.9. The van der Waals surface area contributed by atoms with E-state index in [9.17, 15) is 0 Å². The maximum absolute atomic E-state index is 5.33. The zero-order valence-electron chi connectivity index (χ0n) is 14.7. The first kappa shape index (κ1) is 19.9. The molecule has 1 saturated heterocycles. The van der Waals surface area contributed by atoms with Crippen LogP contribution >= 0.6 is 24.8 Å². The number of rotatable bonds is 2. The summed E-state index contributed by atoms with van der Waals surface area (Å²) in [5, 5.41) is 7.25. The first-order valence-corrected chi connectivity index (χ1v) is 8.52. The van der Waals surface area contributed by atoms with Crippen LogP contribution in [0.3, 0.4) is 0 Å². The minimum atomic E-state index is 0. The van der Waals surface area contributed by atoms with Crippen LogP contribution in [0.5, 0.6) is 5.75 Å². The van der Waals surface area contributed by atoms with Crippen LogP contribution in [-0.2, 0) is 0 Å². The summed E-state index contributed by atoms with van der Waals surface area (Å²) in [6, 6.07) is 13.8. The third kappa shape index (κ3) is 3.74. The number of halogens is 2. The van der Waals surface area contributed by atoms with Crippen molar-refractivity contribution in [2.24, 2.45) is 0 Å². The summed E-state index contributed by atoms with van der Waals surface area (Å²) in [7, 11) is 1.72. The van der Waals surface area contributed by atoms with Crippen molar-refractivity contribution in [3.05, 3.63) is 47.5 Å². The molecule has 0 unspecified atom stereocenters. The summed E-state index contributed by atoms with van der Waals surface area (Å²) < 4.78 is 5.33. The molecule has 2 N–H and O–H groups in total. The second-order valence-electron chi connectivity index (χ2n) is 6.67. The van der Waals surface area contributed by atoms with Crippen molar-refractivity contribution >= 4 is 30.5 Å². The average molecular weight is 381 g/mol. The Balaban J connectivity index is 0.00000113. The van der Waals surface area contributed by atoms with Crippen molar-refractivity contribution in [2.45, 2.75) is 31.7 Å². The van der Waals surface area contributed by atoms with Crippen LogP contribution in [0.2, 0.25) is 0 Å². The van der Waals surface area contributed by atoms with E-state index in [-0.39, 0.29) is 24.8 Å². The fraction of sp³-hybridized carbons (Fsp3) is 0.400. The lowest BCUT2D eigenvalue weighted by Crippen LogP contribution is -2.21. The zero-order valence-corrected chi connectivity index (χ0v) is 16.3. The molecule has 0 bridgehead atoms.